The van der Waals surface area contributed by atoms with E-state index >= 15 is 0 Å². The SMILES string of the molecule is CCCCOc1ccc(C(=O)NC(C)C2CCCCC2)cn1. The summed E-state index contributed by atoms with van der Waals surface area (Å²) in [6.45, 7) is 4.91. The van der Waals surface area contributed by atoms with Gasteiger partial charge in [-0.15, -0.1) is 0 Å². The molecule has 1 atom stereocenters. The molecule has 0 spiro atoms. The van der Waals surface area contributed by atoms with Crippen molar-refractivity contribution < 1.29 is 9.53 Å². The van der Waals surface area contributed by atoms with Gasteiger partial charge in [-0.25, -0.2) is 4.98 Å². The number of carbonyl (C=O) groups is 1. The molecule has 1 heterocycles. The van der Waals surface area contributed by atoms with Gasteiger partial charge in [0.25, 0.3) is 5.91 Å². The molecule has 1 aliphatic rings. The van der Waals surface area contributed by atoms with Crippen LogP contribution in [0, 0.1) is 5.92 Å². The summed E-state index contributed by atoms with van der Waals surface area (Å²) in [4.78, 5) is 16.5. The molecule has 2 rings (SSSR count). The molecule has 0 aliphatic heterocycles. The third-order valence-electron chi connectivity index (χ3n) is 4.46. The molecule has 1 N–H and O–H groups in total. The molecule has 1 aromatic heterocycles. The number of rotatable bonds is 7. The van der Waals surface area contributed by atoms with Crippen LogP contribution in [0.15, 0.2) is 18.3 Å². The van der Waals surface area contributed by atoms with Crippen molar-refractivity contribution >= 4 is 5.91 Å². The van der Waals surface area contributed by atoms with Crippen molar-refractivity contribution in [2.45, 2.75) is 64.8 Å². The average molecular weight is 304 g/mol. The van der Waals surface area contributed by atoms with Crippen LogP contribution < -0.4 is 10.1 Å². The van der Waals surface area contributed by atoms with E-state index in [9.17, 15) is 4.79 Å². The molecule has 4 nitrogen and oxygen atoms in total. The summed E-state index contributed by atoms with van der Waals surface area (Å²) >= 11 is 0. The topological polar surface area (TPSA) is 51.2 Å². The van der Waals surface area contributed by atoms with Crippen LogP contribution >= 0.6 is 0 Å². The molecule has 1 amide bonds. The van der Waals surface area contributed by atoms with Crippen molar-refractivity contribution in [1.82, 2.24) is 10.3 Å². The van der Waals surface area contributed by atoms with Crippen LogP contribution in [-0.2, 0) is 0 Å². The molecular formula is C18H28N2O2. The summed E-state index contributed by atoms with van der Waals surface area (Å²) in [6.07, 6.45) is 10.1. The predicted molar refractivity (Wildman–Crippen MR) is 88.1 cm³/mol. The molecule has 0 radical (unpaired) electrons. The minimum atomic E-state index is -0.0364. The Labute approximate surface area is 133 Å². The number of hydrogen-bond acceptors (Lipinski definition) is 3. The zero-order valence-electron chi connectivity index (χ0n) is 13.8. The van der Waals surface area contributed by atoms with Gasteiger partial charge >= 0.3 is 0 Å². The van der Waals surface area contributed by atoms with E-state index < -0.39 is 0 Å². The number of hydrogen-bond donors (Lipinski definition) is 1. The average Bonchev–Trinajstić information content (AvgIpc) is 2.56. The third-order valence-corrected chi connectivity index (χ3v) is 4.46. The first kappa shape index (κ1) is 16.8. The fourth-order valence-corrected chi connectivity index (χ4v) is 2.96. The fraction of sp³-hybridized carbons (Fsp3) is 0.667. The zero-order chi connectivity index (χ0) is 15.8. The normalized spacial score (nSPS) is 17.0. The summed E-state index contributed by atoms with van der Waals surface area (Å²) in [5, 5.41) is 3.12. The van der Waals surface area contributed by atoms with Crippen LogP contribution in [0.3, 0.4) is 0 Å². The van der Waals surface area contributed by atoms with E-state index in [0.29, 0.717) is 24.0 Å². The maximum atomic E-state index is 12.3. The molecule has 1 fully saturated rings. The Kier molecular flexibility index (Phi) is 6.69. The molecule has 0 bridgehead atoms. The Morgan fingerprint density at radius 3 is 2.77 bits per heavy atom. The molecule has 1 aromatic rings. The maximum Gasteiger partial charge on any atom is 0.253 e. The van der Waals surface area contributed by atoms with Crippen molar-refractivity contribution in [3.8, 4) is 5.88 Å². The lowest BCUT2D eigenvalue weighted by atomic mass is 9.84. The van der Waals surface area contributed by atoms with Crippen LogP contribution in [0.5, 0.6) is 5.88 Å². The minimum absolute atomic E-state index is 0.0364. The summed E-state index contributed by atoms with van der Waals surface area (Å²) < 4.78 is 5.51. The Morgan fingerprint density at radius 1 is 1.36 bits per heavy atom. The van der Waals surface area contributed by atoms with Crippen molar-refractivity contribution in [2.75, 3.05) is 6.61 Å². The molecule has 1 saturated carbocycles. The van der Waals surface area contributed by atoms with Gasteiger partial charge in [0.2, 0.25) is 5.88 Å². The zero-order valence-corrected chi connectivity index (χ0v) is 13.8. The lowest BCUT2D eigenvalue weighted by molar-refractivity contribution is 0.0919. The van der Waals surface area contributed by atoms with Gasteiger partial charge in [-0.05, 0) is 38.2 Å². The standard InChI is InChI=1S/C18H28N2O2/c1-3-4-12-22-17-11-10-16(13-19-17)18(21)20-14(2)15-8-6-5-7-9-15/h10-11,13-15H,3-9,12H2,1-2H3,(H,20,21). The third kappa shape index (κ3) is 5.00. The first-order valence-electron chi connectivity index (χ1n) is 8.60. The molecule has 1 aliphatic carbocycles. The van der Waals surface area contributed by atoms with E-state index in [1.54, 1.807) is 18.3 Å². The lowest BCUT2D eigenvalue weighted by Crippen LogP contribution is -2.38. The lowest BCUT2D eigenvalue weighted by Gasteiger charge is -2.28. The van der Waals surface area contributed by atoms with E-state index in [4.69, 9.17) is 4.74 Å². The van der Waals surface area contributed by atoms with E-state index in [2.05, 4.69) is 24.1 Å². The Balaban J connectivity index is 1.83. The van der Waals surface area contributed by atoms with Crippen LogP contribution in [0.4, 0.5) is 0 Å². The van der Waals surface area contributed by atoms with Crippen molar-refractivity contribution in [2.24, 2.45) is 5.92 Å². The number of pyridine rings is 1. The van der Waals surface area contributed by atoms with Crippen LogP contribution in [0.2, 0.25) is 0 Å². The van der Waals surface area contributed by atoms with Crippen molar-refractivity contribution in [3.05, 3.63) is 23.9 Å². The number of ether oxygens (including phenoxy) is 1. The fourth-order valence-electron chi connectivity index (χ4n) is 2.96. The Morgan fingerprint density at radius 2 is 2.14 bits per heavy atom. The molecule has 22 heavy (non-hydrogen) atoms. The molecule has 1 unspecified atom stereocenters. The summed E-state index contributed by atoms with van der Waals surface area (Å²) in [7, 11) is 0. The van der Waals surface area contributed by atoms with Gasteiger partial charge in [0.1, 0.15) is 0 Å². The highest BCUT2D eigenvalue weighted by molar-refractivity contribution is 5.94. The second-order valence-electron chi connectivity index (χ2n) is 6.25. The highest BCUT2D eigenvalue weighted by Gasteiger charge is 2.21. The number of unbranched alkanes of at least 4 members (excludes halogenated alkanes) is 1. The van der Waals surface area contributed by atoms with Gasteiger partial charge in [0.05, 0.1) is 12.2 Å². The Bertz CT molecular complexity index is 453. The first-order chi connectivity index (χ1) is 10.7. The molecule has 122 valence electrons. The summed E-state index contributed by atoms with van der Waals surface area (Å²) in [5.41, 5.74) is 0.602. The number of nitrogens with zero attached hydrogens (tertiary/aromatic N) is 1. The summed E-state index contributed by atoms with van der Waals surface area (Å²) in [6, 6.07) is 3.79. The number of aromatic nitrogens is 1. The van der Waals surface area contributed by atoms with Gasteiger partial charge in [0.15, 0.2) is 0 Å². The number of amides is 1. The van der Waals surface area contributed by atoms with Gasteiger partial charge < -0.3 is 10.1 Å². The van der Waals surface area contributed by atoms with Gasteiger partial charge in [-0.2, -0.15) is 0 Å². The van der Waals surface area contributed by atoms with Gasteiger partial charge in [-0.3, -0.25) is 4.79 Å². The quantitative estimate of drug-likeness (QED) is 0.776. The highest BCUT2D eigenvalue weighted by Crippen LogP contribution is 2.26. The maximum absolute atomic E-state index is 12.3. The molecule has 0 aromatic carbocycles. The van der Waals surface area contributed by atoms with Crippen molar-refractivity contribution in [1.29, 1.82) is 0 Å². The van der Waals surface area contributed by atoms with Crippen molar-refractivity contribution in [3.63, 3.8) is 0 Å². The van der Waals surface area contributed by atoms with Gasteiger partial charge in [-0.1, -0.05) is 32.6 Å². The molecule has 4 heteroatoms. The van der Waals surface area contributed by atoms with E-state index in [1.165, 1.54) is 32.1 Å². The van der Waals surface area contributed by atoms with E-state index in [-0.39, 0.29) is 11.9 Å². The minimum Gasteiger partial charge on any atom is -0.478 e. The molecular weight excluding hydrogens is 276 g/mol. The largest absolute Gasteiger partial charge is 0.478 e. The Hall–Kier alpha value is -1.58. The summed E-state index contributed by atoms with van der Waals surface area (Å²) in [5.74, 6) is 1.17. The van der Waals surface area contributed by atoms with Crippen LogP contribution in [0.1, 0.15) is 69.2 Å². The van der Waals surface area contributed by atoms with Crippen LogP contribution in [0.25, 0.3) is 0 Å². The monoisotopic (exact) mass is 304 g/mol. The van der Waals surface area contributed by atoms with E-state index in [0.717, 1.165) is 12.8 Å². The second kappa shape index (κ2) is 8.76. The van der Waals surface area contributed by atoms with Gasteiger partial charge in [0, 0.05) is 18.3 Å². The molecule has 0 saturated heterocycles. The van der Waals surface area contributed by atoms with Crippen LogP contribution in [-0.4, -0.2) is 23.5 Å². The second-order valence-corrected chi connectivity index (χ2v) is 6.25. The first-order valence-corrected chi connectivity index (χ1v) is 8.60. The number of nitrogens with one attached hydrogen (secondary N) is 1. The predicted octanol–water partition coefficient (Wildman–Crippen LogP) is 3.96. The smallest absolute Gasteiger partial charge is 0.253 e. The highest BCUT2D eigenvalue weighted by atomic mass is 16.5. The number of carbonyl (C=O) groups excluding carboxylic acids is 1. The van der Waals surface area contributed by atoms with E-state index in [1.807, 2.05) is 0 Å².